The average Bonchev–Trinajstić information content (AvgIpc) is 3.41. The topological polar surface area (TPSA) is 66.8 Å². The molecule has 1 aliphatic heterocycles. The van der Waals surface area contributed by atoms with Gasteiger partial charge in [0.05, 0.1) is 24.8 Å². The predicted molar refractivity (Wildman–Crippen MR) is 135 cm³/mol. The number of nitrogens with zero attached hydrogens (tertiary/aromatic N) is 1. The number of carbonyl (C=O) groups is 2. The van der Waals surface area contributed by atoms with Crippen LogP contribution < -0.4 is 4.74 Å². The lowest BCUT2D eigenvalue weighted by Crippen LogP contribution is -2.28. The van der Waals surface area contributed by atoms with Gasteiger partial charge >= 0.3 is 0 Å². The molecule has 0 radical (unpaired) electrons. The number of ketones is 1. The van der Waals surface area contributed by atoms with Gasteiger partial charge in [0.25, 0.3) is 11.7 Å². The largest absolute Gasteiger partial charge is 0.507 e. The van der Waals surface area contributed by atoms with E-state index in [2.05, 4.69) is 20.8 Å². The molecule has 4 rings (SSSR count). The standard InChI is InChI=1S/C28H29NO4S/c1-5-33-22-14-13-19(16-21(22)28(2,3)4)25(30)23-24(18-10-7-6-8-11-18)29(27(32)26(23)31)17-20-12-9-15-34-20/h6-16,24,30H,5,17H2,1-4H3/b25-23-. The van der Waals surface area contributed by atoms with E-state index in [4.69, 9.17) is 4.74 Å². The van der Waals surface area contributed by atoms with Gasteiger partial charge in [-0.2, -0.15) is 0 Å². The van der Waals surface area contributed by atoms with E-state index >= 15 is 0 Å². The minimum absolute atomic E-state index is 0.108. The maximum atomic E-state index is 13.3. The molecule has 2 heterocycles. The summed E-state index contributed by atoms with van der Waals surface area (Å²) in [4.78, 5) is 28.9. The van der Waals surface area contributed by atoms with Crippen LogP contribution in [0.25, 0.3) is 5.76 Å². The molecule has 0 saturated carbocycles. The van der Waals surface area contributed by atoms with Crippen LogP contribution in [0.1, 0.15) is 55.3 Å². The van der Waals surface area contributed by atoms with Crippen LogP contribution in [0, 0.1) is 0 Å². The maximum absolute atomic E-state index is 13.3. The monoisotopic (exact) mass is 475 g/mol. The zero-order valence-electron chi connectivity index (χ0n) is 19.9. The van der Waals surface area contributed by atoms with Crippen LogP contribution in [-0.2, 0) is 21.5 Å². The van der Waals surface area contributed by atoms with E-state index in [1.54, 1.807) is 11.0 Å². The first-order chi connectivity index (χ1) is 16.2. The fourth-order valence-electron chi connectivity index (χ4n) is 4.30. The lowest BCUT2D eigenvalue weighted by Gasteiger charge is -2.25. The van der Waals surface area contributed by atoms with Crippen LogP contribution in [0.15, 0.2) is 71.6 Å². The third kappa shape index (κ3) is 4.50. The van der Waals surface area contributed by atoms with E-state index in [1.807, 2.05) is 66.9 Å². The maximum Gasteiger partial charge on any atom is 0.295 e. The number of carbonyl (C=O) groups excluding carboxylic acids is 2. The van der Waals surface area contributed by atoms with E-state index in [9.17, 15) is 14.7 Å². The second-order valence-corrected chi connectivity index (χ2v) is 10.3. The van der Waals surface area contributed by atoms with Gasteiger partial charge in [0.2, 0.25) is 0 Å². The number of benzene rings is 2. The normalized spacial score (nSPS) is 17.9. The Bertz CT molecular complexity index is 1220. The molecule has 3 aromatic rings. The van der Waals surface area contributed by atoms with Crippen LogP contribution in [0.5, 0.6) is 5.75 Å². The van der Waals surface area contributed by atoms with Crippen molar-refractivity contribution in [3.8, 4) is 5.75 Å². The van der Waals surface area contributed by atoms with Crippen molar-refractivity contribution in [2.24, 2.45) is 0 Å². The third-order valence-corrected chi connectivity index (χ3v) is 6.78. The van der Waals surface area contributed by atoms with Gasteiger partial charge in [-0.3, -0.25) is 9.59 Å². The molecular formula is C28H29NO4S. The molecule has 0 spiro atoms. The Balaban J connectivity index is 1.87. The number of Topliss-reactive ketones (excluding diaryl/α,β-unsaturated/α-hetero) is 1. The molecule has 1 fully saturated rings. The fourth-order valence-corrected chi connectivity index (χ4v) is 5.00. The Morgan fingerprint density at radius 2 is 1.79 bits per heavy atom. The Morgan fingerprint density at radius 1 is 1.06 bits per heavy atom. The van der Waals surface area contributed by atoms with Crippen molar-refractivity contribution < 1.29 is 19.4 Å². The number of hydrogen-bond donors (Lipinski definition) is 1. The summed E-state index contributed by atoms with van der Waals surface area (Å²) in [5.74, 6) is -0.710. The second kappa shape index (κ2) is 9.47. The van der Waals surface area contributed by atoms with E-state index in [0.717, 1.165) is 21.8 Å². The molecule has 6 heteroatoms. The van der Waals surface area contributed by atoms with Gasteiger partial charge in [-0.15, -0.1) is 11.3 Å². The summed E-state index contributed by atoms with van der Waals surface area (Å²) in [7, 11) is 0. The molecule has 2 aromatic carbocycles. The smallest absolute Gasteiger partial charge is 0.295 e. The van der Waals surface area contributed by atoms with Crippen molar-refractivity contribution >= 4 is 28.8 Å². The molecular weight excluding hydrogens is 446 g/mol. The average molecular weight is 476 g/mol. The number of hydrogen-bond acceptors (Lipinski definition) is 5. The van der Waals surface area contributed by atoms with Crippen molar-refractivity contribution in [1.29, 1.82) is 0 Å². The SMILES string of the molecule is CCOc1ccc(/C(O)=C2/C(=O)C(=O)N(Cc3cccs3)C2c2ccccc2)cc1C(C)(C)C. The zero-order chi connectivity index (χ0) is 24.5. The third-order valence-electron chi connectivity index (χ3n) is 5.92. The fraction of sp³-hybridized carbons (Fsp3) is 0.286. The molecule has 1 aromatic heterocycles. The van der Waals surface area contributed by atoms with Gasteiger partial charge < -0.3 is 14.7 Å². The molecule has 1 N–H and O–H groups in total. The van der Waals surface area contributed by atoms with Gasteiger partial charge in [0, 0.05) is 16.0 Å². The Kier molecular flexibility index (Phi) is 6.62. The molecule has 1 saturated heterocycles. The van der Waals surface area contributed by atoms with Crippen molar-refractivity contribution in [3.63, 3.8) is 0 Å². The molecule has 34 heavy (non-hydrogen) atoms. The molecule has 1 amide bonds. The molecule has 176 valence electrons. The van der Waals surface area contributed by atoms with Crippen LogP contribution in [0.4, 0.5) is 0 Å². The molecule has 1 unspecified atom stereocenters. The second-order valence-electron chi connectivity index (χ2n) is 9.31. The molecule has 5 nitrogen and oxygen atoms in total. The van der Waals surface area contributed by atoms with Crippen LogP contribution in [0.2, 0.25) is 0 Å². The van der Waals surface area contributed by atoms with E-state index in [1.165, 1.54) is 11.3 Å². The number of thiophene rings is 1. The van der Waals surface area contributed by atoms with E-state index in [-0.39, 0.29) is 16.7 Å². The molecule has 0 aliphatic carbocycles. The lowest BCUT2D eigenvalue weighted by molar-refractivity contribution is -0.140. The number of aliphatic hydroxyl groups excluding tert-OH is 1. The van der Waals surface area contributed by atoms with E-state index < -0.39 is 17.7 Å². The number of likely N-dealkylation sites (tertiary alicyclic amines) is 1. The zero-order valence-corrected chi connectivity index (χ0v) is 20.7. The first-order valence-electron chi connectivity index (χ1n) is 11.4. The van der Waals surface area contributed by atoms with Crippen molar-refractivity contribution in [3.05, 3.63) is 93.2 Å². The Labute approximate surface area is 204 Å². The number of amides is 1. The van der Waals surface area contributed by atoms with Gasteiger partial charge in [0.15, 0.2) is 0 Å². The Morgan fingerprint density at radius 3 is 2.41 bits per heavy atom. The van der Waals surface area contributed by atoms with Crippen LogP contribution >= 0.6 is 11.3 Å². The lowest BCUT2D eigenvalue weighted by atomic mass is 9.84. The number of aliphatic hydroxyl groups is 1. The highest BCUT2D eigenvalue weighted by Crippen LogP contribution is 2.42. The Hall–Kier alpha value is -3.38. The highest BCUT2D eigenvalue weighted by molar-refractivity contribution is 7.09. The van der Waals surface area contributed by atoms with Gasteiger partial charge in [-0.1, -0.05) is 57.2 Å². The summed E-state index contributed by atoms with van der Waals surface area (Å²) in [5, 5.41) is 13.4. The summed E-state index contributed by atoms with van der Waals surface area (Å²) >= 11 is 1.53. The minimum atomic E-state index is -0.673. The number of rotatable bonds is 6. The minimum Gasteiger partial charge on any atom is -0.507 e. The van der Waals surface area contributed by atoms with Crippen LogP contribution in [0.3, 0.4) is 0 Å². The van der Waals surface area contributed by atoms with Gasteiger partial charge in [-0.25, -0.2) is 0 Å². The summed E-state index contributed by atoms with van der Waals surface area (Å²) in [5.41, 5.74) is 2.05. The van der Waals surface area contributed by atoms with E-state index in [0.29, 0.717) is 18.7 Å². The first-order valence-corrected chi connectivity index (χ1v) is 12.2. The molecule has 0 bridgehead atoms. The van der Waals surface area contributed by atoms with Crippen molar-refractivity contribution in [1.82, 2.24) is 4.90 Å². The van der Waals surface area contributed by atoms with Crippen molar-refractivity contribution in [2.45, 2.75) is 45.7 Å². The summed E-state index contributed by atoms with van der Waals surface area (Å²) in [6.45, 7) is 8.95. The van der Waals surface area contributed by atoms with Crippen molar-refractivity contribution in [2.75, 3.05) is 6.61 Å². The molecule has 1 atom stereocenters. The predicted octanol–water partition coefficient (Wildman–Crippen LogP) is 6.07. The highest BCUT2D eigenvalue weighted by Gasteiger charge is 2.46. The summed E-state index contributed by atoms with van der Waals surface area (Å²) < 4.78 is 5.80. The first kappa shape index (κ1) is 23.8. The van der Waals surface area contributed by atoms with Gasteiger partial charge in [0.1, 0.15) is 11.5 Å². The number of ether oxygens (including phenoxy) is 1. The summed E-state index contributed by atoms with van der Waals surface area (Å²) in [6.07, 6.45) is 0. The quantitative estimate of drug-likeness (QED) is 0.267. The van der Waals surface area contributed by atoms with Crippen LogP contribution in [-0.4, -0.2) is 28.3 Å². The molecule has 1 aliphatic rings. The van der Waals surface area contributed by atoms with Gasteiger partial charge in [-0.05, 0) is 47.5 Å². The summed E-state index contributed by atoms with van der Waals surface area (Å²) in [6, 6.07) is 18.0. The highest BCUT2D eigenvalue weighted by atomic mass is 32.1.